The van der Waals surface area contributed by atoms with Crippen LogP contribution in [0.25, 0.3) is 0 Å². The lowest BCUT2D eigenvalue weighted by atomic mass is 9.67. The monoisotopic (exact) mass is 257 g/mol. The van der Waals surface area contributed by atoms with Crippen LogP contribution in [-0.4, -0.2) is 33.5 Å². The van der Waals surface area contributed by atoms with Gasteiger partial charge in [0.2, 0.25) is 0 Å². The van der Waals surface area contributed by atoms with E-state index >= 15 is 0 Å². The molecule has 108 valence electrons. The fraction of sp³-hybridized carbons (Fsp3) is 1.00. The fourth-order valence-corrected chi connectivity index (χ4v) is 3.14. The van der Waals surface area contributed by atoms with Gasteiger partial charge in [-0.2, -0.15) is 0 Å². The molecule has 1 aliphatic rings. The highest BCUT2D eigenvalue weighted by Gasteiger charge is 2.34. The molecule has 18 heavy (non-hydrogen) atoms. The molecular weight excluding hydrogens is 226 g/mol. The maximum absolute atomic E-state index is 6.04. The van der Waals surface area contributed by atoms with E-state index in [1.54, 1.807) is 7.11 Å². The molecule has 3 heteroatoms. The van der Waals surface area contributed by atoms with Crippen LogP contribution in [0.5, 0.6) is 0 Å². The van der Waals surface area contributed by atoms with Gasteiger partial charge in [-0.15, -0.1) is 0 Å². The normalized spacial score (nSPS) is 28.5. The summed E-state index contributed by atoms with van der Waals surface area (Å²) in [5.41, 5.74) is 6.40. The molecular formula is C15H31NO2. The standard InChI is InChI=1S/C15H31NO2/c1-3-14-6-4-7-15(12-14,13-16)8-11-18-10-5-9-17-2/h14H,3-13,16H2,1-2H3. The highest BCUT2D eigenvalue weighted by Crippen LogP contribution is 2.42. The molecule has 0 amide bonds. The van der Waals surface area contributed by atoms with Gasteiger partial charge in [0.25, 0.3) is 0 Å². The number of ether oxygens (including phenoxy) is 2. The lowest BCUT2D eigenvalue weighted by Gasteiger charge is -2.40. The van der Waals surface area contributed by atoms with Crippen LogP contribution in [0, 0.1) is 11.3 Å². The highest BCUT2D eigenvalue weighted by atomic mass is 16.5. The van der Waals surface area contributed by atoms with Gasteiger partial charge in [0.05, 0.1) is 0 Å². The number of hydrogen-bond acceptors (Lipinski definition) is 3. The van der Waals surface area contributed by atoms with E-state index in [0.29, 0.717) is 5.41 Å². The first-order chi connectivity index (χ1) is 8.76. The van der Waals surface area contributed by atoms with E-state index in [0.717, 1.165) is 45.1 Å². The number of methoxy groups -OCH3 is 1. The summed E-state index contributed by atoms with van der Waals surface area (Å²) < 4.78 is 10.7. The van der Waals surface area contributed by atoms with Crippen LogP contribution < -0.4 is 5.73 Å². The summed E-state index contributed by atoms with van der Waals surface area (Å²) in [6.07, 6.45) is 8.77. The first-order valence-electron chi connectivity index (χ1n) is 7.53. The molecule has 0 aromatic heterocycles. The van der Waals surface area contributed by atoms with Gasteiger partial charge < -0.3 is 15.2 Å². The predicted octanol–water partition coefficient (Wildman–Crippen LogP) is 2.97. The Morgan fingerprint density at radius 2 is 2.11 bits per heavy atom. The zero-order valence-electron chi connectivity index (χ0n) is 12.2. The van der Waals surface area contributed by atoms with E-state index in [1.807, 2.05) is 0 Å². The first-order valence-corrected chi connectivity index (χ1v) is 7.53. The lowest BCUT2D eigenvalue weighted by Crippen LogP contribution is -2.37. The van der Waals surface area contributed by atoms with Crippen LogP contribution >= 0.6 is 0 Å². The summed E-state index contributed by atoms with van der Waals surface area (Å²) in [5.74, 6) is 0.885. The molecule has 0 saturated heterocycles. The van der Waals surface area contributed by atoms with Crippen molar-refractivity contribution in [1.82, 2.24) is 0 Å². The number of hydrogen-bond donors (Lipinski definition) is 1. The topological polar surface area (TPSA) is 44.5 Å². The Hall–Kier alpha value is -0.120. The Balaban J connectivity index is 2.23. The molecule has 2 N–H and O–H groups in total. The molecule has 1 rings (SSSR count). The second-order valence-electron chi connectivity index (χ2n) is 5.78. The number of rotatable bonds is 9. The second-order valence-corrected chi connectivity index (χ2v) is 5.78. The van der Waals surface area contributed by atoms with Crippen LogP contribution in [0.1, 0.15) is 51.9 Å². The minimum atomic E-state index is 0.361. The molecule has 0 aliphatic heterocycles. The van der Waals surface area contributed by atoms with Gasteiger partial charge in [-0.1, -0.05) is 26.2 Å². The van der Waals surface area contributed by atoms with Crippen molar-refractivity contribution in [3.05, 3.63) is 0 Å². The molecule has 0 bridgehead atoms. The Kier molecular flexibility index (Phi) is 7.87. The molecule has 1 saturated carbocycles. The van der Waals surface area contributed by atoms with Crippen molar-refractivity contribution in [2.45, 2.75) is 51.9 Å². The summed E-state index contributed by atoms with van der Waals surface area (Å²) in [7, 11) is 1.73. The third-order valence-electron chi connectivity index (χ3n) is 4.47. The van der Waals surface area contributed by atoms with Crippen LogP contribution in [-0.2, 0) is 9.47 Å². The van der Waals surface area contributed by atoms with Gasteiger partial charge in [0.15, 0.2) is 0 Å². The average Bonchev–Trinajstić information content (AvgIpc) is 2.43. The van der Waals surface area contributed by atoms with Gasteiger partial charge in [-0.25, -0.2) is 0 Å². The quantitative estimate of drug-likeness (QED) is 0.646. The Morgan fingerprint density at radius 1 is 1.28 bits per heavy atom. The Labute approximate surface area is 112 Å². The van der Waals surface area contributed by atoms with Crippen molar-refractivity contribution in [1.29, 1.82) is 0 Å². The van der Waals surface area contributed by atoms with Crippen LogP contribution in [0.15, 0.2) is 0 Å². The molecule has 1 aliphatic carbocycles. The fourth-order valence-electron chi connectivity index (χ4n) is 3.14. The van der Waals surface area contributed by atoms with E-state index in [1.165, 1.54) is 32.1 Å². The van der Waals surface area contributed by atoms with Gasteiger partial charge in [0, 0.05) is 26.9 Å². The van der Waals surface area contributed by atoms with Crippen LogP contribution in [0.3, 0.4) is 0 Å². The van der Waals surface area contributed by atoms with Crippen molar-refractivity contribution in [2.24, 2.45) is 17.1 Å². The maximum atomic E-state index is 6.04. The average molecular weight is 257 g/mol. The van der Waals surface area contributed by atoms with Crippen molar-refractivity contribution < 1.29 is 9.47 Å². The summed E-state index contributed by atoms with van der Waals surface area (Å²) >= 11 is 0. The number of nitrogens with two attached hydrogens (primary N) is 1. The van der Waals surface area contributed by atoms with Gasteiger partial charge in [-0.05, 0) is 43.6 Å². The summed E-state index contributed by atoms with van der Waals surface area (Å²) in [6.45, 7) is 5.59. The molecule has 3 nitrogen and oxygen atoms in total. The van der Waals surface area contributed by atoms with Crippen molar-refractivity contribution in [2.75, 3.05) is 33.5 Å². The summed E-state index contributed by atoms with van der Waals surface area (Å²) in [5, 5.41) is 0. The first kappa shape index (κ1) is 15.9. The van der Waals surface area contributed by atoms with E-state index in [2.05, 4.69) is 6.92 Å². The highest BCUT2D eigenvalue weighted by molar-refractivity contribution is 4.86. The van der Waals surface area contributed by atoms with E-state index < -0.39 is 0 Å². The van der Waals surface area contributed by atoms with Crippen LogP contribution in [0.2, 0.25) is 0 Å². The molecule has 0 spiro atoms. The van der Waals surface area contributed by atoms with Crippen LogP contribution in [0.4, 0.5) is 0 Å². The Bertz CT molecular complexity index is 211. The minimum Gasteiger partial charge on any atom is -0.385 e. The summed E-state index contributed by atoms with van der Waals surface area (Å²) in [6, 6.07) is 0. The van der Waals surface area contributed by atoms with E-state index in [-0.39, 0.29) is 0 Å². The smallest absolute Gasteiger partial charge is 0.0487 e. The van der Waals surface area contributed by atoms with Gasteiger partial charge >= 0.3 is 0 Å². The SMILES string of the molecule is CCC1CCCC(CN)(CCOCCCOC)C1. The zero-order valence-corrected chi connectivity index (χ0v) is 12.2. The predicted molar refractivity (Wildman–Crippen MR) is 75.7 cm³/mol. The van der Waals surface area contributed by atoms with Gasteiger partial charge in [0.1, 0.15) is 0 Å². The molecule has 2 atom stereocenters. The summed E-state index contributed by atoms with van der Waals surface area (Å²) in [4.78, 5) is 0. The molecule has 0 heterocycles. The molecule has 1 fully saturated rings. The third kappa shape index (κ3) is 5.25. The van der Waals surface area contributed by atoms with Crippen molar-refractivity contribution in [3.63, 3.8) is 0 Å². The second kappa shape index (κ2) is 8.89. The Morgan fingerprint density at radius 3 is 2.78 bits per heavy atom. The third-order valence-corrected chi connectivity index (χ3v) is 4.47. The molecule has 0 aromatic carbocycles. The van der Waals surface area contributed by atoms with E-state index in [9.17, 15) is 0 Å². The minimum absolute atomic E-state index is 0.361. The van der Waals surface area contributed by atoms with Crippen molar-refractivity contribution in [3.8, 4) is 0 Å². The molecule has 0 radical (unpaired) electrons. The van der Waals surface area contributed by atoms with Crippen molar-refractivity contribution >= 4 is 0 Å². The molecule has 2 unspecified atom stereocenters. The lowest BCUT2D eigenvalue weighted by molar-refractivity contribution is 0.0530. The van der Waals surface area contributed by atoms with Gasteiger partial charge in [-0.3, -0.25) is 0 Å². The molecule has 0 aromatic rings. The zero-order chi connectivity index (χ0) is 13.3. The maximum Gasteiger partial charge on any atom is 0.0487 e. The van der Waals surface area contributed by atoms with E-state index in [4.69, 9.17) is 15.2 Å². The largest absolute Gasteiger partial charge is 0.385 e.